The van der Waals surface area contributed by atoms with Gasteiger partial charge in [0.1, 0.15) is 6.10 Å². The second kappa shape index (κ2) is 6.31. The van der Waals surface area contributed by atoms with Gasteiger partial charge in [0, 0.05) is 26.3 Å². The average Bonchev–Trinajstić information content (AvgIpc) is 3.05. The minimum Gasteiger partial charge on any atom is -0.441 e. The first-order valence-electron chi connectivity index (χ1n) is 8.59. The van der Waals surface area contributed by atoms with E-state index in [0.717, 1.165) is 19.3 Å². The molecule has 1 amide bonds. The maximum Gasteiger partial charge on any atom is 0.410 e. The van der Waals surface area contributed by atoms with Crippen LogP contribution in [0.3, 0.4) is 0 Å². The number of halogens is 1. The van der Waals surface area contributed by atoms with Crippen molar-refractivity contribution in [2.24, 2.45) is 0 Å². The highest BCUT2D eigenvalue weighted by Crippen LogP contribution is 2.40. The van der Waals surface area contributed by atoms with Gasteiger partial charge in [-0.1, -0.05) is 29.0 Å². The van der Waals surface area contributed by atoms with Crippen molar-refractivity contribution in [3.63, 3.8) is 0 Å². The Labute approximate surface area is 150 Å². The largest absolute Gasteiger partial charge is 0.441 e. The van der Waals surface area contributed by atoms with Crippen LogP contribution in [0, 0.1) is 0 Å². The lowest BCUT2D eigenvalue weighted by Crippen LogP contribution is -2.53. The molecule has 6 nitrogen and oxygen atoms in total. The Morgan fingerprint density at radius 2 is 2.04 bits per heavy atom. The zero-order valence-corrected chi connectivity index (χ0v) is 15.6. The Balaban J connectivity index is 1.37. The van der Waals surface area contributed by atoms with Crippen molar-refractivity contribution in [2.45, 2.75) is 72.6 Å². The van der Waals surface area contributed by atoms with Crippen LogP contribution in [-0.2, 0) is 18.9 Å². The molecular formula is C16H24INO5. The van der Waals surface area contributed by atoms with E-state index in [1.54, 1.807) is 4.90 Å². The lowest BCUT2D eigenvalue weighted by atomic mass is 9.94. The predicted molar refractivity (Wildman–Crippen MR) is 90.6 cm³/mol. The maximum absolute atomic E-state index is 11.7. The zero-order chi connectivity index (χ0) is 16.0. The molecule has 3 aliphatic heterocycles. The smallest absolute Gasteiger partial charge is 0.410 e. The monoisotopic (exact) mass is 437 g/mol. The van der Waals surface area contributed by atoms with Gasteiger partial charge in [0.2, 0.25) is 0 Å². The van der Waals surface area contributed by atoms with Crippen molar-refractivity contribution in [1.82, 2.24) is 4.90 Å². The lowest BCUT2D eigenvalue weighted by molar-refractivity contribution is -0.190. The van der Waals surface area contributed by atoms with E-state index in [1.165, 1.54) is 19.3 Å². The van der Waals surface area contributed by atoms with Crippen molar-refractivity contribution in [3.8, 4) is 0 Å². The van der Waals surface area contributed by atoms with E-state index in [1.807, 2.05) is 7.05 Å². The second-order valence-electron chi connectivity index (χ2n) is 7.10. The van der Waals surface area contributed by atoms with Crippen LogP contribution in [0.4, 0.5) is 4.79 Å². The van der Waals surface area contributed by atoms with Crippen molar-refractivity contribution < 1.29 is 23.7 Å². The van der Waals surface area contributed by atoms with Gasteiger partial charge >= 0.3 is 6.09 Å². The molecule has 5 atom stereocenters. The summed E-state index contributed by atoms with van der Waals surface area (Å²) in [5, 5.41) is 0. The molecule has 0 unspecified atom stereocenters. The zero-order valence-electron chi connectivity index (χ0n) is 13.4. The molecule has 0 aromatic carbocycles. The number of likely N-dealkylation sites (N-methyl/N-ethyl adjacent to an activating group) is 1. The fourth-order valence-electron chi connectivity index (χ4n) is 4.28. The molecule has 3 saturated heterocycles. The molecule has 0 aromatic rings. The molecular weight excluding hydrogens is 413 g/mol. The standard InChI is InChI=1S/C16H24INO5/c1-18-14-12(22-15(18)19)9-20-11(13(14)17)7-10-8-21-16(23-10)5-3-2-4-6-16/h10-14H,2-9H2,1H3/t10-,11+,12+,13+,14+/m0/s1. The Morgan fingerprint density at radius 3 is 2.83 bits per heavy atom. The van der Waals surface area contributed by atoms with Crippen molar-refractivity contribution in [3.05, 3.63) is 0 Å². The fourth-order valence-corrected chi connectivity index (χ4v) is 5.72. The van der Waals surface area contributed by atoms with Crippen LogP contribution in [0.15, 0.2) is 0 Å². The lowest BCUT2D eigenvalue weighted by Gasteiger charge is -2.38. The number of hydrogen-bond donors (Lipinski definition) is 0. The molecule has 0 aromatic heterocycles. The summed E-state index contributed by atoms with van der Waals surface area (Å²) in [7, 11) is 1.81. The summed E-state index contributed by atoms with van der Waals surface area (Å²) in [6.45, 7) is 1.13. The number of alkyl halides is 1. The molecule has 0 radical (unpaired) electrons. The van der Waals surface area contributed by atoms with Crippen molar-refractivity contribution >= 4 is 28.7 Å². The molecule has 0 N–H and O–H groups in total. The first-order chi connectivity index (χ1) is 11.1. The molecule has 4 fully saturated rings. The van der Waals surface area contributed by atoms with Gasteiger partial charge in [0.25, 0.3) is 0 Å². The number of carbonyl (C=O) groups excluding carboxylic acids is 1. The number of hydrogen-bond acceptors (Lipinski definition) is 5. The van der Waals surface area contributed by atoms with E-state index in [4.69, 9.17) is 18.9 Å². The topological polar surface area (TPSA) is 57.2 Å². The van der Waals surface area contributed by atoms with Crippen LogP contribution in [0.2, 0.25) is 0 Å². The number of amides is 1. The first kappa shape index (κ1) is 16.4. The number of rotatable bonds is 2. The van der Waals surface area contributed by atoms with E-state index in [9.17, 15) is 4.79 Å². The maximum atomic E-state index is 11.7. The second-order valence-corrected chi connectivity index (χ2v) is 8.54. The SMILES string of the molecule is CN1C(=O)O[C@@H]2CO[C@H](C[C@H]3COC4(CCCCC4)O3)[C@@H](I)[C@@H]21. The van der Waals surface area contributed by atoms with Crippen LogP contribution in [0.1, 0.15) is 38.5 Å². The number of ether oxygens (including phenoxy) is 4. The van der Waals surface area contributed by atoms with E-state index >= 15 is 0 Å². The van der Waals surface area contributed by atoms with Crippen LogP contribution in [0.5, 0.6) is 0 Å². The Bertz CT molecular complexity index is 469. The van der Waals surface area contributed by atoms with Gasteiger partial charge in [-0.05, 0) is 12.8 Å². The Morgan fingerprint density at radius 1 is 1.26 bits per heavy atom. The van der Waals surface area contributed by atoms with Gasteiger partial charge in [-0.25, -0.2) is 4.79 Å². The first-order valence-corrected chi connectivity index (χ1v) is 9.83. The number of fused-ring (bicyclic) bond motifs is 1. The summed E-state index contributed by atoms with van der Waals surface area (Å²) < 4.78 is 23.9. The summed E-state index contributed by atoms with van der Waals surface area (Å²) in [5.74, 6) is -0.329. The third-order valence-electron chi connectivity index (χ3n) is 5.55. The summed E-state index contributed by atoms with van der Waals surface area (Å²) in [5.41, 5.74) is 0. The Hall–Kier alpha value is -0.120. The highest BCUT2D eigenvalue weighted by atomic mass is 127. The molecule has 130 valence electrons. The molecule has 1 spiro atoms. The van der Waals surface area contributed by atoms with Gasteiger partial charge in [0.15, 0.2) is 5.79 Å². The van der Waals surface area contributed by atoms with Gasteiger partial charge in [-0.3, -0.25) is 0 Å². The average molecular weight is 437 g/mol. The summed E-state index contributed by atoms with van der Waals surface area (Å²) >= 11 is 2.40. The molecule has 4 aliphatic rings. The minimum absolute atomic E-state index is 0.0705. The summed E-state index contributed by atoms with van der Waals surface area (Å²) in [6.07, 6.45) is 6.28. The molecule has 7 heteroatoms. The van der Waals surface area contributed by atoms with E-state index in [2.05, 4.69) is 22.6 Å². The minimum atomic E-state index is -0.329. The molecule has 1 saturated carbocycles. The van der Waals surface area contributed by atoms with Crippen LogP contribution >= 0.6 is 22.6 Å². The molecule has 1 aliphatic carbocycles. The van der Waals surface area contributed by atoms with Crippen molar-refractivity contribution in [2.75, 3.05) is 20.3 Å². The third kappa shape index (κ3) is 2.98. The molecule has 4 rings (SSSR count). The van der Waals surface area contributed by atoms with E-state index < -0.39 is 0 Å². The summed E-state index contributed by atoms with van der Waals surface area (Å²) in [4.78, 5) is 13.5. The highest BCUT2D eigenvalue weighted by molar-refractivity contribution is 14.1. The van der Waals surface area contributed by atoms with Crippen LogP contribution < -0.4 is 0 Å². The highest BCUT2D eigenvalue weighted by Gasteiger charge is 2.51. The van der Waals surface area contributed by atoms with E-state index in [0.29, 0.717) is 13.2 Å². The quantitative estimate of drug-likeness (QED) is 0.491. The normalized spacial score (nSPS) is 42.8. The Kier molecular flexibility index (Phi) is 4.49. The summed E-state index contributed by atoms with van der Waals surface area (Å²) in [6, 6.07) is 0.0906. The van der Waals surface area contributed by atoms with E-state index in [-0.39, 0.29) is 40.2 Å². The third-order valence-corrected chi connectivity index (χ3v) is 7.09. The predicted octanol–water partition coefficient (Wildman–Crippen LogP) is 2.47. The van der Waals surface area contributed by atoms with Crippen molar-refractivity contribution in [1.29, 1.82) is 0 Å². The van der Waals surface area contributed by atoms with Gasteiger partial charge in [-0.15, -0.1) is 0 Å². The number of nitrogens with zero attached hydrogens (tertiary/aromatic N) is 1. The molecule has 0 bridgehead atoms. The molecule has 23 heavy (non-hydrogen) atoms. The van der Waals surface area contributed by atoms with Gasteiger partial charge in [0.05, 0.1) is 35.4 Å². The number of carbonyl (C=O) groups is 1. The van der Waals surface area contributed by atoms with Crippen LogP contribution in [0.25, 0.3) is 0 Å². The van der Waals surface area contributed by atoms with Gasteiger partial charge in [-0.2, -0.15) is 0 Å². The molecule has 3 heterocycles. The van der Waals surface area contributed by atoms with Gasteiger partial charge < -0.3 is 23.8 Å². The van der Waals surface area contributed by atoms with Crippen LogP contribution in [-0.4, -0.2) is 65.3 Å². The fraction of sp³-hybridized carbons (Fsp3) is 0.938.